The highest BCUT2D eigenvalue weighted by molar-refractivity contribution is 6.31. The number of aliphatic imine (C=N–C) groups is 1. The molecule has 1 aromatic rings. The van der Waals surface area contributed by atoms with Crippen molar-refractivity contribution in [1.29, 1.82) is 0 Å². The van der Waals surface area contributed by atoms with Gasteiger partial charge in [0.2, 0.25) is 0 Å². The summed E-state index contributed by atoms with van der Waals surface area (Å²) in [5.41, 5.74) is 0.937. The zero-order valence-electron chi connectivity index (χ0n) is 12.4. The molecule has 0 unspecified atom stereocenters. The second-order valence-electron chi connectivity index (χ2n) is 4.73. The van der Waals surface area contributed by atoms with E-state index in [1.807, 2.05) is 7.05 Å². The summed E-state index contributed by atoms with van der Waals surface area (Å²) >= 11 is 6.00. The van der Waals surface area contributed by atoms with Gasteiger partial charge in [0.15, 0.2) is 5.96 Å². The van der Waals surface area contributed by atoms with Crippen LogP contribution in [-0.4, -0.2) is 38.0 Å². The molecule has 1 N–H and O–H groups in total. The van der Waals surface area contributed by atoms with Gasteiger partial charge in [-0.25, -0.2) is 4.39 Å². The Kier molecular flexibility index (Phi) is 7.37. The van der Waals surface area contributed by atoms with Crippen molar-refractivity contribution in [1.82, 2.24) is 10.2 Å². The molecule has 0 radical (unpaired) electrons. The van der Waals surface area contributed by atoms with Crippen molar-refractivity contribution >= 4 is 17.6 Å². The molecule has 0 bridgehead atoms. The van der Waals surface area contributed by atoms with Crippen molar-refractivity contribution in [3.8, 4) is 0 Å². The van der Waals surface area contributed by atoms with Crippen LogP contribution in [0.15, 0.2) is 23.2 Å². The lowest BCUT2D eigenvalue weighted by molar-refractivity contribution is 0.465. The molecule has 0 spiro atoms. The number of benzene rings is 1. The van der Waals surface area contributed by atoms with E-state index in [0.29, 0.717) is 11.6 Å². The van der Waals surface area contributed by atoms with Crippen LogP contribution >= 0.6 is 11.6 Å². The maximum Gasteiger partial charge on any atom is 0.193 e. The Hall–Kier alpha value is -1.29. The average Bonchev–Trinajstić information content (AvgIpc) is 2.43. The van der Waals surface area contributed by atoms with Crippen LogP contribution in [-0.2, 0) is 6.42 Å². The molecule has 0 saturated carbocycles. The third-order valence-corrected chi connectivity index (χ3v) is 3.46. The Morgan fingerprint density at radius 2 is 2.20 bits per heavy atom. The molecular formula is C15H23ClFN3. The molecule has 0 aromatic heterocycles. The van der Waals surface area contributed by atoms with Crippen molar-refractivity contribution in [3.63, 3.8) is 0 Å². The molecule has 0 heterocycles. The van der Waals surface area contributed by atoms with Crippen LogP contribution in [0, 0.1) is 5.82 Å². The van der Waals surface area contributed by atoms with Gasteiger partial charge < -0.3 is 10.2 Å². The average molecular weight is 300 g/mol. The normalized spacial score (nSPS) is 11.6. The summed E-state index contributed by atoms with van der Waals surface area (Å²) in [6, 6.07) is 4.51. The second-order valence-corrected chi connectivity index (χ2v) is 5.14. The fourth-order valence-electron chi connectivity index (χ4n) is 1.92. The molecule has 3 nitrogen and oxygen atoms in total. The van der Waals surface area contributed by atoms with Gasteiger partial charge in [0.1, 0.15) is 5.82 Å². The third-order valence-electron chi connectivity index (χ3n) is 3.11. The first-order valence-corrected chi connectivity index (χ1v) is 7.32. The number of hydrogen-bond donors (Lipinski definition) is 1. The van der Waals surface area contributed by atoms with E-state index in [2.05, 4.69) is 22.1 Å². The number of nitrogens with zero attached hydrogens (tertiary/aromatic N) is 2. The van der Waals surface area contributed by atoms with Crippen molar-refractivity contribution in [2.24, 2.45) is 4.99 Å². The Morgan fingerprint density at radius 3 is 2.80 bits per heavy atom. The monoisotopic (exact) mass is 299 g/mol. The Bertz CT molecular complexity index is 449. The minimum absolute atomic E-state index is 0.304. The SMILES string of the molecule is CCCCN(C)C(=NC)NCCc1ccc(F)cc1Cl. The van der Waals surface area contributed by atoms with Crippen LogP contribution in [0.5, 0.6) is 0 Å². The van der Waals surface area contributed by atoms with E-state index in [0.717, 1.165) is 37.3 Å². The molecule has 0 aliphatic carbocycles. The molecule has 0 aliphatic heterocycles. The molecule has 112 valence electrons. The van der Waals surface area contributed by atoms with Gasteiger partial charge in [-0.3, -0.25) is 4.99 Å². The van der Waals surface area contributed by atoms with E-state index in [4.69, 9.17) is 11.6 Å². The fourth-order valence-corrected chi connectivity index (χ4v) is 2.18. The van der Waals surface area contributed by atoms with Crippen molar-refractivity contribution in [2.75, 3.05) is 27.2 Å². The second kappa shape index (κ2) is 8.80. The molecule has 0 saturated heterocycles. The molecule has 0 aliphatic rings. The van der Waals surface area contributed by atoms with E-state index in [-0.39, 0.29) is 5.82 Å². The zero-order chi connectivity index (χ0) is 15.0. The van der Waals surface area contributed by atoms with E-state index in [1.165, 1.54) is 12.1 Å². The minimum atomic E-state index is -0.304. The lowest BCUT2D eigenvalue weighted by Gasteiger charge is -2.21. The standard InChI is InChI=1S/C15H23ClFN3/c1-4-5-10-20(3)15(18-2)19-9-8-12-6-7-13(17)11-14(12)16/h6-7,11H,4-5,8-10H2,1-3H3,(H,18,19). The van der Waals surface area contributed by atoms with Gasteiger partial charge in [0.05, 0.1) is 0 Å². The number of nitrogens with one attached hydrogen (secondary N) is 1. The smallest absolute Gasteiger partial charge is 0.193 e. The van der Waals surface area contributed by atoms with Crippen molar-refractivity contribution in [3.05, 3.63) is 34.6 Å². The van der Waals surface area contributed by atoms with Crippen molar-refractivity contribution in [2.45, 2.75) is 26.2 Å². The Balaban J connectivity index is 2.45. The first kappa shape index (κ1) is 16.8. The highest BCUT2D eigenvalue weighted by Crippen LogP contribution is 2.17. The first-order chi connectivity index (χ1) is 9.58. The number of halogens is 2. The molecule has 1 rings (SSSR count). The van der Waals surface area contributed by atoms with Gasteiger partial charge >= 0.3 is 0 Å². The van der Waals surface area contributed by atoms with Crippen LogP contribution in [0.25, 0.3) is 0 Å². The summed E-state index contributed by atoms with van der Waals surface area (Å²) in [4.78, 5) is 6.35. The third kappa shape index (κ3) is 5.37. The van der Waals surface area contributed by atoms with Gasteiger partial charge in [-0.15, -0.1) is 0 Å². The highest BCUT2D eigenvalue weighted by atomic mass is 35.5. The van der Waals surface area contributed by atoms with E-state index in [1.54, 1.807) is 13.1 Å². The predicted octanol–water partition coefficient (Wildman–Crippen LogP) is 3.33. The highest BCUT2D eigenvalue weighted by Gasteiger charge is 2.06. The van der Waals surface area contributed by atoms with Gasteiger partial charge in [0.25, 0.3) is 0 Å². The summed E-state index contributed by atoms with van der Waals surface area (Å²) in [5.74, 6) is 0.568. The van der Waals surface area contributed by atoms with Crippen LogP contribution in [0.1, 0.15) is 25.3 Å². The predicted molar refractivity (Wildman–Crippen MR) is 84.0 cm³/mol. The molecule has 5 heteroatoms. The number of guanidine groups is 1. The van der Waals surface area contributed by atoms with E-state index >= 15 is 0 Å². The molecule has 0 amide bonds. The lowest BCUT2D eigenvalue weighted by atomic mass is 10.1. The first-order valence-electron chi connectivity index (χ1n) is 6.94. The van der Waals surface area contributed by atoms with Gasteiger partial charge in [-0.05, 0) is 30.5 Å². The maximum atomic E-state index is 13.0. The van der Waals surface area contributed by atoms with Crippen LogP contribution in [0.3, 0.4) is 0 Å². The molecular weight excluding hydrogens is 277 g/mol. The largest absolute Gasteiger partial charge is 0.356 e. The van der Waals surface area contributed by atoms with Crippen LogP contribution < -0.4 is 5.32 Å². The summed E-state index contributed by atoms with van der Waals surface area (Å²) in [5, 5.41) is 3.77. The molecule has 20 heavy (non-hydrogen) atoms. The van der Waals surface area contributed by atoms with E-state index < -0.39 is 0 Å². The van der Waals surface area contributed by atoms with Gasteiger partial charge in [-0.2, -0.15) is 0 Å². The summed E-state index contributed by atoms with van der Waals surface area (Å²) in [6.07, 6.45) is 3.03. The summed E-state index contributed by atoms with van der Waals surface area (Å²) in [7, 11) is 3.80. The Morgan fingerprint density at radius 1 is 1.45 bits per heavy atom. The number of rotatable bonds is 6. The van der Waals surface area contributed by atoms with Crippen LogP contribution in [0.2, 0.25) is 5.02 Å². The van der Waals surface area contributed by atoms with E-state index in [9.17, 15) is 4.39 Å². The Labute approximate surface area is 125 Å². The number of hydrogen-bond acceptors (Lipinski definition) is 1. The quantitative estimate of drug-likeness (QED) is 0.644. The minimum Gasteiger partial charge on any atom is -0.356 e. The topological polar surface area (TPSA) is 27.6 Å². The van der Waals surface area contributed by atoms with Gasteiger partial charge in [0, 0.05) is 32.2 Å². The lowest BCUT2D eigenvalue weighted by Crippen LogP contribution is -2.40. The van der Waals surface area contributed by atoms with Crippen LogP contribution in [0.4, 0.5) is 4.39 Å². The number of unbranched alkanes of at least 4 members (excludes halogenated alkanes) is 1. The molecule has 0 fully saturated rings. The summed E-state index contributed by atoms with van der Waals surface area (Å²) < 4.78 is 13.0. The molecule has 0 atom stereocenters. The fraction of sp³-hybridized carbons (Fsp3) is 0.533. The van der Waals surface area contributed by atoms with Crippen molar-refractivity contribution < 1.29 is 4.39 Å². The maximum absolute atomic E-state index is 13.0. The molecule has 1 aromatic carbocycles. The van der Waals surface area contributed by atoms with Gasteiger partial charge in [-0.1, -0.05) is 31.0 Å². The summed E-state index contributed by atoms with van der Waals surface area (Å²) in [6.45, 7) is 3.86. The zero-order valence-corrected chi connectivity index (χ0v) is 13.2.